The van der Waals surface area contributed by atoms with E-state index in [9.17, 15) is 9.18 Å². The maximum Gasteiger partial charge on any atom is 0.273 e. The van der Waals surface area contributed by atoms with Gasteiger partial charge in [0, 0.05) is 24.0 Å². The Kier molecular flexibility index (Phi) is 4.49. The molecule has 1 aromatic carbocycles. The van der Waals surface area contributed by atoms with Crippen LogP contribution in [0.4, 0.5) is 4.39 Å². The number of carbonyl (C=O) groups excluding carboxylic acids is 1. The number of nitrogens with zero attached hydrogens (tertiary/aromatic N) is 2. The number of thiazole rings is 1. The lowest BCUT2D eigenvalue weighted by Gasteiger charge is -2.15. The fourth-order valence-electron chi connectivity index (χ4n) is 2.76. The summed E-state index contributed by atoms with van der Waals surface area (Å²) in [4.78, 5) is 18.6. The first-order valence-electron chi connectivity index (χ1n) is 7.33. The van der Waals surface area contributed by atoms with Gasteiger partial charge in [-0.1, -0.05) is 12.1 Å². The van der Waals surface area contributed by atoms with E-state index in [1.165, 1.54) is 17.4 Å². The van der Waals surface area contributed by atoms with E-state index in [4.69, 9.17) is 0 Å². The van der Waals surface area contributed by atoms with Crippen LogP contribution in [0.2, 0.25) is 0 Å². The number of amides is 1. The van der Waals surface area contributed by atoms with E-state index in [0.29, 0.717) is 22.2 Å². The Morgan fingerprint density at radius 2 is 2.32 bits per heavy atom. The Bertz CT molecular complexity index is 673. The van der Waals surface area contributed by atoms with E-state index < -0.39 is 0 Å². The van der Waals surface area contributed by atoms with Crippen molar-refractivity contribution in [3.63, 3.8) is 0 Å². The van der Waals surface area contributed by atoms with Crippen LogP contribution < -0.4 is 5.32 Å². The van der Waals surface area contributed by atoms with Gasteiger partial charge in [0.15, 0.2) is 0 Å². The number of rotatable bonds is 4. The summed E-state index contributed by atoms with van der Waals surface area (Å²) < 4.78 is 13.8. The molecule has 6 heteroatoms. The van der Waals surface area contributed by atoms with E-state index >= 15 is 0 Å². The van der Waals surface area contributed by atoms with Crippen LogP contribution in [0.15, 0.2) is 29.6 Å². The molecule has 2 aromatic rings. The molecule has 22 heavy (non-hydrogen) atoms. The van der Waals surface area contributed by atoms with Crippen molar-refractivity contribution in [1.29, 1.82) is 0 Å². The van der Waals surface area contributed by atoms with Crippen molar-refractivity contribution in [2.75, 3.05) is 26.7 Å². The summed E-state index contributed by atoms with van der Waals surface area (Å²) in [5, 5.41) is 5.41. The fourth-order valence-corrected chi connectivity index (χ4v) is 3.59. The quantitative estimate of drug-likeness (QED) is 0.942. The molecule has 1 N–H and O–H groups in total. The summed E-state index contributed by atoms with van der Waals surface area (Å²) in [5.74, 6) is 0.127. The lowest BCUT2D eigenvalue weighted by atomic mass is 10.1. The fraction of sp³-hybridized carbons (Fsp3) is 0.375. The molecule has 3 rings (SSSR count). The molecular formula is C16H18FN3OS. The van der Waals surface area contributed by atoms with Gasteiger partial charge in [-0.05, 0) is 38.1 Å². The van der Waals surface area contributed by atoms with Gasteiger partial charge >= 0.3 is 0 Å². The molecule has 0 radical (unpaired) electrons. The maximum atomic E-state index is 13.8. The molecule has 0 aliphatic carbocycles. The largest absolute Gasteiger partial charge is 0.337 e. The normalized spacial score (nSPS) is 17.9. The third-order valence-corrected chi connectivity index (χ3v) is 4.77. The zero-order valence-corrected chi connectivity index (χ0v) is 13.2. The number of likely N-dealkylation sites (tertiary alicyclic amines) is 1. The predicted octanol–water partition coefficient (Wildman–Crippen LogP) is 2.63. The van der Waals surface area contributed by atoms with E-state index in [2.05, 4.69) is 10.3 Å². The molecule has 0 spiro atoms. The van der Waals surface area contributed by atoms with Crippen molar-refractivity contribution in [2.45, 2.75) is 6.42 Å². The molecular weight excluding hydrogens is 301 g/mol. The van der Waals surface area contributed by atoms with Gasteiger partial charge in [-0.25, -0.2) is 9.37 Å². The number of aromatic nitrogens is 1. The average molecular weight is 319 g/mol. The number of hydrogen-bond acceptors (Lipinski definition) is 4. The highest BCUT2D eigenvalue weighted by atomic mass is 32.1. The molecule has 1 aromatic heterocycles. The van der Waals surface area contributed by atoms with Gasteiger partial charge in [-0.15, -0.1) is 11.3 Å². The standard InChI is InChI=1S/C16H18FN3OS/c1-18-8-11-6-7-20(9-11)16(21)14-10-22-15(19-14)12-4-2-3-5-13(12)17/h2-5,10-11,18H,6-9H2,1H3/t11-/m1/s1. The first-order valence-corrected chi connectivity index (χ1v) is 8.21. The minimum atomic E-state index is -0.314. The van der Waals surface area contributed by atoms with Crippen LogP contribution in [-0.4, -0.2) is 42.5 Å². The second-order valence-electron chi connectivity index (χ2n) is 5.48. The van der Waals surface area contributed by atoms with Crippen LogP contribution in [0.1, 0.15) is 16.9 Å². The molecule has 1 atom stereocenters. The van der Waals surface area contributed by atoms with Crippen molar-refractivity contribution in [3.05, 3.63) is 41.2 Å². The second kappa shape index (κ2) is 6.54. The first-order chi connectivity index (χ1) is 10.7. The summed E-state index contributed by atoms with van der Waals surface area (Å²) in [6.07, 6.45) is 1.01. The maximum absolute atomic E-state index is 13.8. The van der Waals surface area contributed by atoms with Crippen LogP contribution in [0.5, 0.6) is 0 Å². The first kappa shape index (κ1) is 15.1. The summed E-state index contributed by atoms with van der Waals surface area (Å²) in [6.45, 7) is 2.44. The molecule has 1 fully saturated rings. The van der Waals surface area contributed by atoms with Crippen LogP contribution in [0, 0.1) is 11.7 Å². The monoisotopic (exact) mass is 319 g/mol. The van der Waals surface area contributed by atoms with Crippen LogP contribution in [-0.2, 0) is 0 Å². The second-order valence-corrected chi connectivity index (χ2v) is 6.34. The van der Waals surface area contributed by atoms with Crippen LogP contribution >= 0.6 is 11.3 Å². The van der Waals surface area contributed by atoms with Gasteiger partial charge in [-0.2, -0.15) is 0 Å². The van der Waals surface area contributed by atoms with Gasteiger partial charge in [0.1, 0.15) is 16.5 Å². The lowest BCUT2D eigenvalue weighted by molar-refractivity contribution is 0.0782. The van der Waals surface area contributed by atoms with Crippen molar-refractivity contribution in [3.8, 4) is 10.6 Å². The average Bonchev–Trinajstić information content (AvgIpc) is 3.17. The molecule has 2 heterocycles. The molecule has 0 unspecified atom stereocenters. The van der Waals surface area contributed by atoms with E-state index in [0.717, 1.165) is 26.1 Å². The van der Waals surface area contributed by atoms with Crippen LogP contribution in [0.25, 0.3) is 10.6 Å². The highest BCUT2D eigenvalue weighted by molar-refractivity contribution is 7.13. The van der Waals surface area contributed by atoms with Crippen molar-refractivity contribution in [2.24, 2.45) is 5.92 Å². The Labute approximate surface area is 133 Å². The smallest absolute Gasteiger partial charge is 0.273 e. The predicted molar refractivity (Wildman–Crippen MR) is 85.4 cm³/mol. The number of hydrogen-bond donors (Lipinski definition) is 1. The third kappa shape index (κ3) is 3.03. The third-order valence-electron chi connectivity index (χ3n) is 3.89. The summed E-state index contributed by atoms with van der Waals surface area (Å²) in [7, 11) is 1.92. The Morgan fingerprint density at radius 1 is 1.50 bits per heavy atom. The number of benzene rings is 1. The van der Waals surface area contributed by atoms with Gasteiger partial charge in [0.05, 0.1) is 0 Å². The molecule has 1 aliphatic heterocycles. The molecule has 1 saturated heterocycles. The summed E-state index contributed by atoms with van der Waals surface area (Å²) in [5.41, 5.74) is 0.856. The highest BCUT2D eigenvalue weighted by Gasteiger charge is 2.27. The molecule has 0 bridgehead atoms. The van der Waals surface area contributed by atoms with Gasteiger partial charge in [0.25, 0.3) is 5.91 Å². The van der Waals surface area contributed by atoms with Gasteiger partial charge in [-0.3, -0.25) is 4.79 Å². The molecule has 0 saturated carbocycles. The number of halogens is 1. The number of nitrogens with one attached hydrogen (secondary N) is 1. The SMILES string of the molecule is CNC[C@H]1CCN(C(=O)c2csc(-c3ccccc3F)n2)C1. The zero-order valence-electron chi connectivity index (χ0n) is 12.4. The minimum absolute atomic E-state index is 0.0579. The van der Waals surface area contributed by atoms with Crippen molar-refractivity contribution >= 4 is 17.2 Å². The minimum Gasteiger partial charge on any atom is -0.337 e. The molecule has 4 nitrogen and oxygen atoms in total. The lowest BCUT2D eigenvalue weighted by Crippen LogP contribution is -2.30. The van der Waals surface area contributed by atoms with E-state index in [-0.39, 0.29) is 11.7 Å². The summed E-state index contributed by atoms with van der Waals surface area (Å²) in [6, 6.07) is 6.50. The van der Waals surface area contributed by atoms with Crippen molar-refractivity contribution in [1.82, 2.24) is 15.2 Å². The summed E-state index contributed by atoms with van der Waals surface area (Å²) >= 11 is 1.30. The van der Waals surface area contributed by atoms with Crippen molar-refractivity contribution < 1.29 is 9.18 Å². The Hall–Kier alpha value is -1.79. The number of carbonyl (C=O) groups is 1. The van der Waals surface area contributed by atoms with Crippen LogP contribution in [0.3, 0.4) is 0 Å². The Morgan fingerprint density at radius 3 is 3.09 bits per heavy atom. The van der Waals surface area contributed by atoms with E-state index in [1.54, 1.807) is 23.6 Å². The van der Waals surface area contributed by atoms with Gasteiger partial charge in [0.2, 0.25) is 0 Å². The Balaban J connectivity index is 1.74. The van der Waals surface area contributed by atoms with E-state index in [1.807, 2.05) is 11.9 Å². The molecule has 1 aliphatic rings. The topological polar surface area (TPSA) is 45.2 Å². The molecule has 116 valence electrons. The van der Waals surface area contributed by atoms with Gasteiger partial charge < -0.3 is 10.2 Å². The highest BCUT2D eigenvalue weighted by Crippen LogP contribution is 2.27. The zero-order chi connectivity index (χ0) is 15.5. The molecule has 1 amide bonds.